The van der Waals surface area contributed by atoms with E-state index in [0.29, 0.717) is 34.1 Å². The highest BCUT2D eigenvalue weighted by molar-refractivity contribution is 7.99. The Balaban J connectivity index is 1.59. The maximum absolute atomic E-state index is 12.3. The van der Waals surface area contributed by atoms with E-state index in [4.69, 9.17) is 27.9 Å². The first-order valence-electron chi connectivity index (χ1n) is 10.0. The van der Waals surface area contributed by atoms with Crippen molar-refractivity contribution in [3.05, 3.63) is 64.4 Å². The van der Waals surface area contributed by atoms with Gasteiger partial charge in [0.15, 0.2) is 11.0 Å². The number of amides is 1. The maximum atomic E-state index is 12.3. The molecule has 1 amide bonds. The lowest BCUT2D eigenvalue weighted by Crippen LogP contribution is -2.29. The van der Waals surface area contributed by atoms with Crippen LogP contribution in [0.3, 0.4) is 0 Å². The molecule has 1 heterocycles. The second-order valence-electron chi connectivity index (χ2n) is 7.23. The highest BCUT2D eigenvalue weighted by atomic mass is 35.5. The van der Waals surface area contributed by atoms with Crippen molar-refractivity contribution in [2.75, 3.05) is 33.0 Å². The van der Waals surface area contributed by atoms with Crippen LogP contribution in [0.1, 0.15) is 18.8 Å². The monoisotopic (exact) mass is 493 g/mol. The van der Waals surface area contributed by atoms with Crippen molar-refractivity contribution in [3.63, 3.8) is 0 Å². The standard InChI is InChI=1S/C22H25Cl2N5O2S/c1-15(28(2)3)21-26-27-22(29(21)18-8-4-16(23)5-9-18)32-14-20(30)25-12-13-31-19-10-6-17(24)7-11-19/h4-11,15H,12-14H2,1-3H3,(H,25,30)/t15-/m1/s1. The van der Waals surface area contributed by atoms with E-state index in [2.05, 4.69) is 27.3 Å². The highest BCUT2D eigenvalue weighted by Gasteiger charge is 2.21. The minimum atomic E-state index is -0.109. The van der Waals surface area contributed by atoms with Crippen LogP contribution in [-0.4, -0.2) is 58.6 Å². The van der Waals surface area contributed by atoms with Gasteiger partial charge in [-0.25, -0.2) is 0 Å². The fourth-order valence-electron chi connectivity index (χ4n) is 2.78. The molecular weight excluding hydrogens is 469 g/mol. The quantitative estimate of drug-likeness (QED) is 0.331. The largest absolute Gasteiger partial charge is 0.492 e. The minimum absolute atomic E-state index is 0.0337. The van der Waals surface area contributed by atoms with Crippen molar-refractivity contribution in [1.82, 2.24) is 25.0 Å². The second-order valence-corrected chi connectivity index (χ2v) is 9.05. The van der Waals surface area contributed by atoms with Crippen molar-refractivity contribution in [2.24, 2.45) is 0 Å². The molecule has 0 fully saturated rings. The number of aromatic nitrogens is 3. The normalized spacial score (nSPS) is 12.1. The van der Waals surface area contributed by atoms with Gasteiger partial charge in [-0.15, -0.1) is 10.2 Å². The molecule has 0 saturated carbocycles. The summed E-state index contributed by atoms with van der Waals surface area (Å²) in [7, 11) is 3.97. The smallest absolute Gasteiger partial charge is 0.230 e. The Morgan fingerprint density at radius 3 is 2.34 bits per heavy atom. The number of hydrogen-bond donors (Lipinski definition) is 1. The predicted octanol–water partition coefficient (Wildman–Crippen LogP) is 4.48. The van der Waals surface area contributed by atoms with Gasteiger partial charge in [-0.05, 0) is 69.6 Å². The zero-order valence-corrected chi connectivity index (χ0v) is 20.4. The summed E-state index contributed by atoms with van der Waals surface area (Å²) >= 11 is 13.2. The molecule has 1 N–H and O–H groups in total. The zero-order valence-electron chi connectivity index (χ0n) is 18.1. The molecule has 0 aliphatic carbocycles. The third-order valence-corrected chi connectivity index (χ3v) is 6.16. The van der Waals surface area contributed by atoms with Crippen LogP contribution in [0.5, 0.6) is 5.75 Å². The number of benzene rings is 2. The van der Waals surface area contributed by atoms with Gasteiger partial charge >= 0.3 is 0 Å². The van der Waals surface area contributed by atoms with Crippen LogP contribution in [0.15, 0.2) is 53.7 Å². The Morgan fingerprint density at radius 2 is 1.72 bits per heavy atom. The molecule has 0 radical (unpaired) electrons. The van der Waals surface area contributed by atoms with Crippen LogP contribution in [-0.2, 0) is 4.79 Å². The summed E-state index contributed by atoms with van der Waals surface area (Å²) in [6, 6.07) is 14.6. The first kappa shape index (κ1) is 24.4. The van der Waals surface area contributed by atoms with Crippen LogP contribution in [0.2, 0.25) is 10.0 Å². The molecule has 170 valence electrons. The maximum Gasteiger partial charge on any atom is 0.230 e. The van der Waals surface area contributed by atoms with Crippen LogP contribution < -0.4 is 10.1 Å². The van der Waals surface area contributed by atoms with Crippen LogP contribution in [0.25, 0.3) is 5.69 Å². The van der Waals surface area contributed by atoms with Gasteiger partial charge in [0.25, 0.3) is 0 Å². The number of ether oxygens (including phenoxy) is 1. The molecule has 0 bridgehead atoms. The third kappa shape index (κ3) is 6.62. The van der Waals surface area contributed by atoms with Gasteiger partial charge in [0.2, 0.25) is 5.91 Å². The van der Waals surface area contributed by atoms with E-state index in [9.17, 15) is 4.79 Å². The van der Waals surface area contributed by atoms with Gasteiger partial charge < -0.3 is 10.1 Å². The lowest BCUT2D eigenvalue weighted by atomic mass is 10.2. The summed E-state index contributed by atoms with van der Waals surface area (Å²) in [4.78, 5) is 14.4. The van der Waals surface area contributed by atoms with E-state index < -0.39 is 0 Å². The summed E-state index contributed by atoms with van der Waals surface area (Å²) in [5.74, 6) is 1.60. The zero-order chi connectivity index (χ0) is 23.1. The Hall–Kier alpha value is -2.26. The first-order chi connectivity index (χ1) is 15.3. The molecule has 0 aliphatic rings. The van der Waals surface area contributed by atoms with Gasteiger partial charge in [0.1, 0.15) is 12.4 Å². The Morgan fingerprint density at radius 1 is 1.09 bits per heavy atom. The van der Waals surface area contributed by atoms with E-state index in [-0.39, 0.29) is 17.7 Å². The Bertz CT molecular complexity index is 1030. The molecule has 0 unspecified atom stereocenters. The van der Waals surface area contributed by atoms with Gasteiger partial charge in [-0.2, -0.15) is 0 Å². The average molecular weight is 494 g/mol. The van der Waals surface area contributed by atoms with Crippen molar-refractivity contribution >= 4 is 40.9 Å². The molecule has 3 rings (SSSR count). The van der Waals surface area contributed by atoms with E-state index in [1.54, 1.807) is 24.3 Å². The summed E-state index contributed by atoms with van der Waals surface area (Å²) in [6.45, 7) is 2.82. The van der Waals surface area contributed by atoms with Gasteiger partial charge in [-0.3, -0.25) is 14.3 Å². The number of halogens is 2. The highest BCUT2D eigenvalue weighted by Crippen LogP contribution is 2.27. The Labute approximate surface area is 202 Å². The number of carbonyl (C=O) groups excluding carboxylic acids is 1. The van der Waals surface area contributed by atoms with Crippen LogP contribution in [0, 0.1) is 0 Å². The van der Waals surface area contributed by atoms with Crippen LogP contribution >= 0.6 is 35.0 Å². The number of nitrogens with zero attached hydrogens (tertiary/aromatic N) is 4. The van der Waals surface area contributed by atoms with Crippen LogP contribution in [0.4, 0.5) is 0 Å². The topological polar surface area (TPSA) is 72.3 Å². The summed E-state index contributed by atoms with van der Waals surface area (Å²) < 4.78 is 7.55. The lowest BCUT2D eigenvalue weighted by Gasteiger charge is -2.20. The van der Waals surface area contributed by atoms with Crippen molar-refractivity contribution in [3.8, 4) is 11.4 Å². The summed E-state index contributed by atoms with van der Waals surface area (Å²) in [5.41, 5.74) is 0.891. The molecule has 10 heteroatoms. The van der Waals surface area contributed by atoms with Crippen molar-refractivity contribution in [1.29, 1.82) is 0 Å². The summed E-state index contributed by atoms with van der Waals surface area (Å²) in [5, 5.41) is 13.5. The van der Waals surface area contributed by atoms with Gasteiger partial charge in [0, 0.05) is 15.7 Å². The fraction of sp³-hybridized carbons (Fsp3) is 0.318. The van der Waals surface area contributed by atoms with Gasteiger partial charge in [-0.1, -0.05) is 35.0 Å². The molecule has 32 heavy (non-hydrogen) atoms. The second kappa shape index (κ2) is 11.6. The molecule has 0 spiro atoms. The van der Waals surface area contributed by atoms with E-state index in [1.807, 2.05) is 42.9 Å². The van der Waals surface area contributed by atoms with E-state index in [0.717, 1.165) is 11.5 Å². The van der Waals surface area contributed by atoms with E-state index in [1.165, 1.54) is 11.8 Å². The number of nitrogens with one attached hydrogen (secondary N) is 1. The summed E-state index contributed by atoms with van der Waals surface area (Å²) in [6.07, 6.45) is 0. The molecule has 3 aromatic rings. The number of rotatable bonds is 10. The number of thioether (sulfide) groups is 1. The van der Waals surface area contributed by atoms with Crippen molar-refractivity contribution < 1.29 is 9.53 Å². The fourth-order valence-corrected chi connectivity index (χ4v) is 3.82. The minimum Gasteiger partial charge on any atom is -0.492 e. The molecule has 0 aliphatic heterocycles. The van der Waals surface area contributed by atoms with E-state index >= 15 is 0 Å². The van der Waals surface area contributed by atoms with Gasteiger partial charge in [0.05, 0.1) is 18.3 Å². The lowest BCUT2D eigenvalue weighted by molar-refractivity contribution is -0.118. The molecule has 1 aromatic heterocycles. The SMILES string of the molecule is C[C@H](c1nnc(SCC(=O)NCCOc2ccc(Cl)cc2)n1-c1ccc(Cl)cc1)N(C)C. The molecule has 0 saturated heterocycles. The molecule has 2 aromatic carbocycles. The number of hydrogen-bond acceptors (Lipinski definition) is 6. The predicted molar refractivity (Wildman–Crippen MR) is 129 cm³/mol. The molecule has 1 atom stereocenters. The van der Waals surface area contributed by atoms with Crippen molar-refractivity contribution in [2.45, 2.75) is 18.1 Å². The number of carbonyl (C=O) groups is 1. The first-order valence-corrected chi connectivity index (χ1v) is 11.7. The third-order valence-electron chi connectivity index (χ3n) is 4.73. The Kier molecular flexibility index (Phi) is 8.81. The molecular formula is C22H25Cl2N5O2S. The molecule has 7 nitrogen and oxygen atoms in total. The average Bonchev–Trinajstić information content (AvgIpc) is 3.20.